The van der Waals surface area contributed by atoms with Crippen molar-refractivity contribution in [3.8, 4) is 17.1 Å². The van der Waals surface area contributed by atoms with E-state index in [1.807, 2.05) is 25.1 Å². The number of benzene rings is 1. The van der Waals surface area contributed by atoms with Crippen molar-refractivity contribution in [1.82, 2.24) is 20.2 Å². The van der Waals surface area contributed by atoms with Gasteiger partial charge in [-0.05, 0) is 44.2 Å². The highest BCUT2D eigenvalue weighted by Gasteiger charge is 2.20. The van der Waals surface area contributed by atoms with Crippen LogP contribution in [0.2, 0.25) is 0 Å². The normalized spacial score (nSPS) is 16.6. The van der Waals surface area contributed by atoms with E-state index in [0.717, 1.165) is 74.1 Å². The standard InChI is InChI=1S/C22H26N6O2/c1-14-12-20(28-27-14)24-19-13-18(23-16-7-10-29-11-8-16)25-22(26-19)17-6-2-4-15-5-3-9-30-21(15)17/h2,4,6,12-13,16H,3,5,7-11H2,1H3,(H3,23,24,25,26,27,28). The van der Waals surface area contributed by atoms with Crippen LogP contribution in [0.15, 0.2) is 30.3 Å². The van der Waals surface area contributed by atoms with Crippen LogP contribution in [0.5, 0.6) is 5.75 Å². The number of aryl methyl sites for hydroxylation is 2. The number of hydrogen-bond acceptors (Lipinski definition) is 7. The Balaban J connectivity index is 1.52. The van der Waals surface area contributed by atoms with Crippen molar-refractivity contribution in [3.05, 3.63) is 41.6 Å². The molecule has 1 saturated heterocycles. The zero-order chi connectivity index (χ0) is 20.3. The van der Waals surface area contributed by atoms with Gasteiger partial charge >= 0.3 is 0 Å². The minimum atomic E-state index is 0.336. The third-order valence-electron chi connectivity index (χ3n) is 5.44. The summed E-state index contributed by atoms with van der Waals surface area (Å²) in [6.45, 7) is 4.23. The van der Waals surface area contributed by atoms with E-state index >= 15 is 0 Å². The van der Waals surface area contributed by atoms with Gasteiger partial charge in [0.2, 0.25) is 0 Å². The number of aromatic nitrogens is 4. The molecule has 8 heteroatoms. The van der Waals surface area contributed by atoms with Crippen molar-refractivity contribution in [2.24, 2.45) is 0 Å². The molecule has 2 aliphatic rings. The van der Waals surface area contributed by atoms with Crippen LogP contribution in [0.3, 0.4) is 0 Å². The first kappa shape index (κ1) is 18.9. The number of H-pyrrole nitrogens is 1. The zero-order valence-corrected chi connectivity index (χ0v) is 17.1. The van der Waals surface area contributed by atoms with Crippen LogP contribution in [0, 0.1) is 6.92 Å². The molecule has 1 aromatic carbocycles. The maximum absolute atomic E-state index is 6.01. The van der Waals surface area contributed by atoms with Crippen LogP contribution in [-0.2, 0) is 11.2 Å². The van der Waals surface area contributed by atoms with E-state index in [0.29, 0.717) is 17.7 Å². The molecule has 3 N–H and O–H groups in total. The van der Waals surface area contributed by atoms with E-state index in [1.165, 1.54) is 5.56 Å². The van der Waals surface area contributed by atoms with E-state index in [-0.39, 0.29) is 0 Å². The van der Waals surface area contributed by atoms with Crippen molar-refractivity contribution >= 4 is 17.5 Å². The quantitative estimate of drug-likeness (QED) is 0.592. The Morgan fingerprint density at radius 1 is 1.03 bits per heavy atom. The monoisotopic (exact) mass is 406 g/mol. The predicted molar refractivity (Wildman–Crippen MR) is 115 cm³/mol. The van der Waals surface area contributed by atoms with Gasteiger partial charge in [0.25, 0.3) is 0 Å². The number of anilines is 3. The number of ether oxygens (including phenoxy) is 2. The lowest BCUT2D eigenvalue weighted by atomic mass is 10.0. The summed E-state index contributed by atoms with van der Waals surface area (Å²) in [7, 11) is 0. The van der Waals surface area contributed by atoms with Gasteiger partial charge < -0.3 is 20.1 Å². The van der Waals surface area contributed by atoms with Crippen LogP contribution in [0.4, 0.5) is 17.5 Å². The summed E-state index contributed by atoms with van der Waals surface area (Å²) >= 11 is 0. The summed E-state index contributed by atoms with van der Waals surface area (Å²) in [6.07, 6.45) is 3.98. The smallest absolute Gasteiger partial charge is 0.167 e. The lowest BCUT2D eigenvalue weighted by molar-refractivity contribution is 0.0904. The minimum Gasteiger partial charge on any atom is -0.493 e. The Hall–Kier alpha value is -3.13. The summed E-state index contributed by atoms with van der Waals surface area (Å²) in [5, 5.41) is 14.1. The van der Waals surface area contributed by atoms with Gasteiger partial charge in [0.1, 0.15) is 17.4 Å². The average Bonchev–Trinajstić information content (AvgIpc) is 3.18. The van der Waals surface area contributed by atoms with Gasteiger partial charge in [-0.1, -0.05) is 12.1 Å². The molecule has 4 heterocycles. The summed E-state index contributed by atoms with van der Waals surface area (Å²) in [6, 6.07) is 10.4. The number of nitrogens with one attached hydrogen (secondary N) is 3. The molecule has 2 aliphatic heterocycles. The highest BCUT2D eigenvalue weighted by Crippen LogP contribution is 2.36. The Kier molecular flexibility index (Phi) is 5.23. The molecule has 156 valence electrons. The zero-order valence-electron chi connectivity index (χ0n) is 17.1. The summed E-state index contributed by atoms with van der Waals surface area (Å²) < 4.78 is 11.5. The maximum Gasteiger partial charge on any atom is 0.167 e. The largest absolute Gasteiger partial charge is 0.493 e. The fourth-order valence-corrected chi connectivity index (χ4v) is 3.94. The molecule has 5 rings (SSSR count). The number of aromatic amines is 1. The van der Waals surface area contributed by atoms with Crippen LogP contribution < -0.4 is 15.4 Å². The van der Waals surface area contributed by atoms with Crippen LogP contribution in [0.1, 0.15) is 30.5 Å². The highest BCUT2D eigenvalue weighted by atomic mass is 16.5. The summed E-state index contributed by atoms with van der Waals surface area (Å²) in [5.74, 6) is 3.74. The lowest BCUT2D eigenvalue weighted by Gasteiger charge is -2.24. The first-order valence-corrected chi connectivity index (χ1v) is 10.5. The molecule has 0 unspecified atom stereocenters. The number of fused-ring (bicyclic) bond motifs is 1. The molecular formula is C22H26N6O2. The Bertz CT molecular complexity index is 1030. The van der Waals surface area contributed by atoms with Crippen molar-refractivity contribution in [1.29, 1.82) is 0 Å². The van der Waals surface area contributed by atoms with Gasteiger partial charge in [0.15, 0.2) is 11.6 Å². The molecule has 0 aliphatic carbocycles. The Morgan fingerprint density at radius 2 is 1.90 bits per heavy atom. The number of nitrogens with zero attached hydrogens (tertiary/aromatic N) is 3. The van der Waals surface area contributed by atoms with Crippen molar-refractivity contribution in [2.45, 2.75) is 38.6 Å². The topological polar surface area (TPSA) is 97.0 Å². The molecule has 8 nitrogen and oxygen atoms in total. The first-order valence-electron chi connectivity index (χ1n) is 10.5. The number of hydrogen-bond donors (Lipinski definition) is 3. The SMILES string of the molecule is Cc1cc(Nc2cc(NC3CCOCC3)nc(-c3cccc4c3OCCC4)n2)n[nH]1. The Morgan fingerprint density at radius 3 is 2.73 bits per heavy atom. The van der Waals surface area contributed by atoms with Crippen molar-refractivity contribution in [2.75, 3.05) is 30.5 Å². The van der Waals surface area contributed by atoms with E-state index in [4.69, 9.17) is 19.4 Å². The van der Waals surface area contributed by atoms with Crippen LogP contribution >= 0.6 is 0 Å². The van der Waals surface area contributed by atoms with E-state index in [2.05, 4.69) is 33.0 Å². The minimum absolute atomic E-state index is 0.336. The molecule has 1 fully saturated rings. The van der Waals surface area contributed by atoms with Crippen LogP contribution in [-0.4, -0.2) is 46.0 Å². The van der Waals surface area contributed by atoms with Crippen molar-refractivity contribution < 1.29 is 9.47 Å². The molecule has 2 aromatic heterocycles. The van der Waals surface area contributed by atoms with Gasteiger partial charge in [0, 0.05) is 37.1 Å². The molecular weight excluding hydrogens is 380 g/mol. The van der Waals surface area contributed by atoms with E-state index in [1.54, 1.807) is 0 Å². The van der Waals surface area contributed by atoms with E-state index < -0.39 is 0 Å². The third kappa shape index (κ3) is 4.09. The first-order chi connectivity index (χ1) is 14.7. The van der Waals surface area contributed by atoms with Gasteiger partial charge in [0.05, 0.1) is 12.2 Å². The predicted octanol–water partition coefficient (Wildman–Crippen LogP) is 3.83. The highest BCUT2D eigenvalue weighted by molar-refractivity contribution is 5.70. The van der Waals surface area contributed by atoms with Gasteiger partial charge in [-0.2, -0.15) is 5.10 Å². The fraction of sp³-hybridized carbons (Fsp3) is 0.409. The summed E-state index contributed by atoms with van der Waals surface area (Å²) in [5.41, 5.74) is 3.12. The van der Waals surface area contributed by atoms with Crippen LogP contribution in [0.25, 0.3) is 11.4 Å². The molecule has 0 spiro atoms. The fourth-order valence-electron chi connectivity index (χ4n) is 3.94. The maximum atomic E-state index is 6.01. The van der Waals surface area contributed by atoms with Gasteiger partial charge in [-0.25, -0.2) is 9.97 Å². The molecule has 0 amide bonds. The summed E-state index contributed by atoms with van der Waals surface area (Å²) in [4.78, 5) is 9.63. The average molecular weight is 406 g/mol. The Labute approximate surface area is 175 Å². The molecule has 0 radical (unpaired) electrons. The molecule has 30 heavy (non-hydrogen) atoms. The second-order valence-electron chi connectivity index (χ2n) is 7.80. The molecule has 3 aromatic rings. The molecule has 0 atom stereocenters. The number of rotatable bonds is 5. The molecule has 0 saturated carbocycles. The molecule has 0 bridgehead atoms. The van der Waals surface area contributed by atoms with E-state index in [9.17, 15) is 0 Å². The van der Waals surface area contributed by atoms with Gasteiger partial charge in [-0.3, -0.25) is 5.10 Å². The second-order valence-corrected chi connectivity index (χ2v) is 7.80. The van der Waals surface area contributed by atoms with Crippen molar-refractivity contribution in [3.63, 3.8) is 0 Å². The third-order valence-corrected chi connectivity index (χ3v) is 5.44. The lowest BCUT2D eigenvalue weighted by Crippen LogP contribution is -2.28. The van der Waals surface area contributed by atoms with Gasteiger partial charge in [-0.15, -0.1) is 0 Å². The second kappa shape index (κ2) is 8.31. The number of para-hydroxylation sites is 1.